The minimum atomic E-state index is 0.0856. The van der Waals surface area contributed by atoms with Crippen LogP contribution in [0.1, 0.15) is 42.7 Å². The third-order valence-corrected chi connectivity index (χ3v) is 3.04. The van der Waals surface area contributed by atoms with Crippen molar-refractivity contribution in [3.63, 3.8) is 0 Å². The Kier molecular flexibility index (Phi) is 3.81. The topological polar surface area (TPSA) is 55.9 Å². The highest BCUT2D eigenvalue weighted by atomic mass is 16.3. The van der Waals surface area contributed by atoms with Crippen molar-refractivity contribution in [3.8, 4) is 0 Å². The van der Waals surface area contributed by atoms with Gasteiger partial charge in [-0.3, -0.25) is 0 Å². The Morgan fingerprint density at radius 2 is 2.17 bits per heavy atom. The molecule has 2 aromatic heterocycles. The quantitative estimate of drug-likeness (QED) is 0.881. The average Bonchev–Trinajstić information content (AvgIpc) is 2.92. The molecule has 5 nitrogen and oxygen atoms in total. The first-order valence-electron chi connectivity index (χ1n) is 6.36. The first kappa shape index (κ1) is 12.8. The van der Waals surface area contributed by atoms with Crippen molar-refractivity contribution >= 4 is 0 Å². The molecule has 0 bridgehead atoms. The maximum absolute atomic E-state index is 5.62. The number of hydrogen-bond donors (Lipinski definition) is 1. The van der Waals surface area contributed by atoms with Gasteiger partial charge in [-0.15, -0.1) is 5.10 Å². The van der Waals surface area contributed by atoms with Gasteiger partial charge in [0.05, 0.1) is 17.9 Å². The lowest BCUT2D eigenvalue weighted by atomic mass is 10.0. The number of hydrogen-bond acceptors (Lipinski definition) is 4. The highest BCUT2D eigenvalue weighted by Gasteiger charge is 2.21. The summed E-state index contributed by atoms with van der Waals surface area (Å²) in [5, 5.41) is 11.6. The molecule has 0 saturated carbocycles. The molecule has 0 aliphatic heterocycles. The van der Waals surface area contributed by atoms with Crippen LogP contribution in [0, 0.1) is 13.8 Å². The van der Waals surface area contributed by atoms with Crippen molar-refractivity contribution in [2.24, 2.45) is 0 Å². The molecule has 0 saturated heterocycles. The normalized spacial score (nSPS) is 12.9. The summed E-state index contributed by atoms with van der Waals surface area (Å²) in [6, 6.07) is 2.16. The highest BCUT2D eigenvalue weighted by molar-refractivity contribution is 5.30. The Morgan fingerprint density at radius 1 is 1.39 bits per heavy atom. The molecule has 1 unspecified atom stereocenters. The SMILES string of the molecule is CCNC(c1cc(C)oc1C)c1cnnn1CC. The summed E-state index contributed by atoms with van der Waals surface area (Å²) in [5.41, 5.74) is 2.23. The zero-order valence-electron chi connectivity index (χ0n) is 11.4. The standard InChI is InChI=1S/C13H20N4O/c1-5-14-13(11-7-9(3)18-10(11)4)12-8-15-16-17(12)6-2/h7-8,13-14H,5-6H2,1-4H3. The molecule has 0 aromatic carbocycles. The van der Waals surface area contributed by atoms with E-state index in [-0.39, 0.29) is 6.04 Å². The first-order chi connectivity index (χ1) is 8.67. The van der Waals surface area contributed by atoms with Crippen LogP contribution < -0.4 is 5.32 Å². The molecule has 2 rings (SSSR count). The summed E-state index contributed by atoms with van der Waals surface area (Å²) in [6.07, 6.45) is 1.82. The molecule has 0 aliphatic carbocycles. The van der Waals surface area contributed by atoms with E-state index in [1.165, 1.54) is 0 Å². The molecule has 2 aromatic rings. The van der Waals surface area contributed by atoms with E-state index in [0.29, 0.717) is 0 Å². The van der Waals surface area contributed by atoms with Crippen molar-refractivity contribution in [2.45, 2.75) is 40.3 Å². The maximum atomic E-state index is 5.62. The first-order valence-corrected chi connectivity index (χ1v) is 6.36. The zero-order chi connectivity index (χ0) is 13.1. The summed E-state index contributed by atoms with van der Waals surface area (Å²) < 4.78 is 7.54. The minimum Gasteiger partial charge on any atom is -0.466 e. The molecule has 1 N–H and O–H groups in total. The average molecular weight is 248 g/mol. The van der Waals surface area contributed by atoms with E-state index in [9.17, 15) is 0 Å². The Labute approximate surface area is 107 Å². The van der Waals surface area contributed by atoms with Crippen molar-refractivity contribution in [1.82, 2.24) is 20.3 Å². The molecule has 98 valence electrons. The van der Waals surface area contributed by atoms with Gasteiger partial charge in [-0.2, -0.15) is 0 Å². The number of nitrogens with one attached hydrogen (secondary N) is 1. The van der Waals surface area contributed by atoms with Crippen molar-refractivity contribution < 1.29 is 4.42 Å². The zero-order valence-corrected chi connectivity index (χ0v) is 11.4. The van der Waals surface area contributed by atoms with E-state index in [1.807, 2.05) is 24.7 Å². The molecule has 18 heavy (non-hydrogen) atoms. The van der Waals surface area contributed by atoms with E-state index in [0.717, 1.165) is 35.9 Å². The molecular formula is C13H20N4O. The fourth-order valence-electron chi connectivity index (χ4n) is 2.25. The van der Waals surface area contributed by atoms with Gasteiger partial charge in [-0.05, 0) is 33.4 Å². The molecule has 0 aliphatic rings. The second-order valence-electron chi connectivity index (χ2n) is 4.33. The van der Waals surface area contributed by atoms with E-state index in [2.05, 4.69) is 35.5 Å². The van der Waals surface area contributed by atoms with Gasteiger partial charge < -0.3 is 9.73 Å². The minimum absolute atomic E-state index is 0.0856. The van der Waals surface area contributed by atoms with Crippen LogP contribution in [0.2, 0.25) is 0 Å². The predicted octanol–water partition coefficient (Wildman–Crippen LogP) is 2.21. The van der Waals surface area contributed by atoms with Gasteiger partial charge in [0.25, 0.3) is 0 Å². The van der Waals surface area contributed by atoms with Gasteiger partial charge in [-0.25, -0.2) is 4.68 Å². The molecular weight excluding hydrogens is 228 g/mol. The Balaban J connectivity index is 2.42. The van der Waals surface area contributed by atoms with Crippen molar-refractivity contribution in [1.29, 1.82) is 0 Å². The van der Waals surface area contributed by atoms with Gasteiger partial charge in [0, 0.05) is 12.1 Å². The van der Waals surface area contributed by atoms with E-state index in [1.54, 1.807) is 0 Å². The van der Waals surface area contributed by atoms with Gasteiger partial charge >= 0.3 is 0 Å². The number of rotatable bonds is 5. The largest absolute Gasteiger partial charge is 0.466 e. The maximum Gasteiger partial charge on any atom is 0.106 e. The summed E-state index contributed by atoms with van der Waals surface area (Å²) in [5.74, 6) is 1.88. The van der Waals surface area contributed by atoms with Crippen molar-refractivity contribution in [2.75, 3.05) is 6.54 Å². The molecule has 0 fully saturated rings. The van der Waals surface area contributed by atoms with Crippen LogP contribution in [0.5, 0.6) is 0 Å². The van der Waals surface area contributed by atoms with Gasteiger partial charge in [0.15, 0.2) is 0 Å². The molecule has 0 spiro atoms. The molecule has 2 heterocycles. The summed E-state index contributed by atoms with van der Waals surface area (Å²) in [6.45, 7) is 9.81. The number of aryl methyl sites for hydroxylation is 3. The van der Waals surface area contributed by atoms with Gasteiger partial charge in [0.2, 0.25) is 0 Å². The second kappa shape index (κ2) is 5.35. The van der Waals surface area contributed by atoms with Crippen LogP contribution in [0.3, 0.4) is 0 Å². The Bertz CT molecular complexity index is 515. The lowest BCUT2D eigenvalue weighted by molar-refractivity contribution is 0.487. The van der Waals surface area contributed by atoms with Gasteiger partial charge in [-0.1, -0.05) is 12.1 Å². The van der Waals surface area contributed by atoms with E-state index in [4.69, 9.17) is 4.42 Å². The molecule has 0 amide bonds. The fourth-order valence-corrected chi connectivity index (χ4v) is 2.25. The monoisotopic (exact) mass is 248 g/mol. The highest BCUT2D eigenvalue weighted by Crippen LogP contribution is 2.26. The van der Waals surface area contributed by atoms with E-state index >= 15 is 0 Å². The summed E-state index contributed by atoms with van der Waals surface area (Å²) in [7, 11) is 0. The van der Waals surface area contributed by atoms with Crippen molar-refractivity contribution in [3.05, 3.63) is 35.0 Å². The van der Waals surface area contributed by atoms with Crippen LogP contribution in [0.15, 0.2) is 16.7 Å². The van der Waals surface area contributed by atoms with Crippen LogP contribution in [-0.2, 0) is 6.54 Å². The van der Waals surface area contributed by atoms with Crippen LogP contribution in [0.25, 0.3) is 0 Å². The predicted molar refractivity (Wildman–Crippen MR) is 69.4 cm³/mol. The Morgan fingerprint density at radius 3 is 2.72 bits per heavy atom. The molecule has 1 atom stereocenters. The number of furan rings is 1. The number of aromatic nitrogens is 3. The van der Waals surface area contributed by atoms with Crippen LogP contribution in [0.4, 0.5) is 0 Å². The lowest BCUT2D eigenvalue weighted by Crippen LogP contribution is -2.25. The third-order valence-electron chi connectivity index (χ3n) is 3.04. The number of nitrogens with zero attached hydrogens (tertiary/aromatic N) is 3. The van der Waals surface area contributed by atoms with E-state index < -0.39 is 0 Å². The summed E-state index contributed by atoms with van der Waals surface area (Å²) in [4.78, 5) is 0. The molecule has 0 radical (unpaired) electrons. The van der Waals surface area contributed by atoms with Crippen LogP contribution >= 0.6 is 0 Å². The summed E-state index contributed by atoms with van der Waals surface area (Å²) >= 11 is 0. The smallest absolute Gasteiger partial charge is 0.106 e. The Hall–Kier alpha value is -1.62. The fraction of sp³-hybridized carbons (Fsp3) is 0.538. The lowest BCUT2D eigenvalue weighted by Gasteiger charge is -2.17. The third kappa shape index (κ3) is 2.31. The second-order valence-corrected chi connectivity index (χ2v) is 4.33. The van der Waals surface area contributed by atoms with Gasteiger partial charge in [0.1, 0.15) is 11.5 Å². The van der Waals surface area contributed by atoms with Crippen LogP contribution in [-0.4, -0.2) is 21.5 Å². The molecule has 5 heteroatoms.